The SMILES string of the molecule is CC#N.CC(C)O.CO.O.O=C(O)C(F)(F)F. The average molecular weight is 265 g/mol. The topological polar surface area (TPSA) is 133 Å². The summed E-state index contributed by atoms with van der Waals surface area (Å²) < 4.78 is 31.7. The molecule has 17 heavy (non-hydrogen) atoms. The quantitative estimate of drug-likeness (QED) is 0.580. The molecule has 0 unspecified atom stereocenters. The Bertz CT molecular complexity index is 186. The second-order valence-corrected chi connectivity index (χ2v) is 2.12. The van der Waals surface area contributed by atoms with Crippen LogP contribution in [0.25, 0.3) is 0 Å². The van der Waals surface area contributed by atoms with Gasteiger partial charge < -0.3 is 20.8 Å². The number of aliphatic carboxylic acids is 1. The van der Waals surface area contributed by atoms with E-state index in [0.717, 1.165) is 7.11 Å². The van der Waals surface area contributed by atoms with Gasteiger partial charge in [-0.1, -0.05) is 0 Å². The van der Waals surface area contributed by atoms with Crippen LogP contribution in [0.3, 0.4) is 0 Å². The maximum Gasteiger partial charge on any atom is 0.490 e. The lowest BCUT2D eigenvalue weighted by molar-refractivity contribution is -0.192. The first kappa shape index (κ1) is 29.6. The summed E-state index contributed by atoms with van der Waals surface area (Å²) in [5, 5.41) is 29.5. The molecule has 0 aliphatic rings. The second-order valence-electron chi connectivity index (χ2n) is 2.12. The average Bonchev–Trinajstić information content (AvgIpc) is 2.06. The van der Waals surface area contributed by atoms with E-state index in [1.54, 1.807) is 19.9 Å². The molecule has 0 spiro atoms. The summed E-state index contributed by atoms with van der Waals surface area (Å²) >= 11 is 0. The maximum absolute atomic E-state index is 10.6. The van der Waals surface area contributed by atoms with E-state index in [1.165, 1.54) is 6.92 Å². The van der Waals surface area contributed by atoms with E-state index >= 15 is 0 Å². The molecule has 5 N–H and O–H groups in total. The van der Waals surface area contributed by atoms with E-state index in [9.17, 15) is 13.2 Å². The number of hydrogen-bond donors (Lipinski definition) is 3. The lowest BCUT2D eigenvalue weighted by Crippen LogP contribution is -2.21. The molecule has 0 aromatic heterocycles. The van der Waals surface area contributed by atoms with Gasteiger partial charge in [-0.25, -0.2) is 4.79 Å². The standard InChI is InChI=1S/C3H8O.C2HF3O2.C2H3N.CH4O.H2O/c1-3(2)4;3-2(4,5)1(6)7;1-2-3;1-2;/h3-4H,1-2H3;(H,6,7);1H3;2H,1H3;1H2. The minimum absolute atomic E-state index is 0. The van der Waals surface area contributed by atoms with Gasteiger partial charge >= 0.3 is 12.1 Å². The molecular formula is C8H18F3NO5. The monoisotopic (exact) mass is 265 g/mol. The number of alkyl halides is 3. The van der Waals surface area contributed by atoms with Crippen LogP contribution in [0.5, 0.6) is 0 Å². The number of rotatable bonds is 0. The first-order valence-corrected chi connectivity index (χ1v) is 3.83. The second kappa shape index (κ2) is 20.1. The summed E-state index contributed by atoms with van der Waals surface area (Å²) in [6.07, 6.45) is -5.25. The maximum atomic E-state index is 10.6. The molecule has 9 heteroatoms. The van der Waals surface area contributed by atoms with Crippen LogP contribution >= 0.6 is 0 Å². The Hall–Kier alpha value is -1.37. The highest BCUT2D eigenvalue weighted by atomic mass is 19.4. The van der Waals surface area contributed by atoms with Crippen molar-refractivity contribution < 1.29 is 38.8 Å². The number of carboxylic acid groups (broad SMARTS) is 1. The third-order valence-electron chi connectivity index (χ3n) is 0.243. The molecule has 0 aliphatic heterocycles. The van der Waals surface area contributed by atoms with Crippen LogP contribution in [0.4, 0.5) is 13.2 Å². The highest BCUT2D eigenvalue weighted by Crippen LogP contribution is 2.13. The lowest BCUT2D eigenvalue weighted by Gasteiger charge is -1.93. The summed E-state index contributed by atoms with van der Waals surface area (Å²) in [4.78, 5) is 8.90. The summed E-state index contributed by atoms with van der Waals surface area (Å²) in [5.41, 5.74) is 0. The van der Waals surface area contributed by atoms with Crippen molar-refractivity contribution >= 4 is 5.97 Å². The van der Waals surface area contributed by atoms with Crippen molar-refractivity contribution in [2.45, 2.75) is 33.1 Å². The van der Waals surface area contributed by atoms with E-state index < -0.39 is 12.1 Å². The number of carboxylic acids is 1. The van der Waals surface area contributed by atoms with Gasteiger partial charge in [0.15, 0.2) is 0 Å². The van der Waals surface area contributed by atoms with Crippen LogP contribution in [0.2, 0.25) is 0 Å². The molecule has 0 aromatic rings. The molecule has 0 aliphatic carbocycles. The van der Waals surface area contributed by atoms with Gasteiger partial charge in [-0.15, -0.1) is 0 Å². The third kappa shape index (κ3) is 109. The van der Waals surface area contributed by atoms with Crippen LogP contribution < -0.4 is 0 Å². The van der Waals surface area contributed by atoms with E-state index in [-0.39, 0.29) is 11.6 Å². The van der Waals surface area contributed by atoms with Crippen molar-refractivity contribution in [3.05, 3.63) is 0 Å². The van der Waals surface area contributed by atoms with Crippen molar-refractivity contribution in [1.82, 2.24) is 0 Å². The summed E-state index contributed by atoms with van der Waals surface area (Å²) in [6.45, 7) is 4.88. The highest BCUT2D eigenvalue weighted by Gasteiger charge is 2.38. The Morgan fingerprint density at radius 2 is 1.35 bits per heavy atom. The zero-order valence-corrected chi connectivity index (χ0v) is 9.91. The fourth-order valence-corrected chi connectivity index (χ4v) is 0. The Labute approximate surface area is 97.2 Å². The van der Waals surface area contributed by atoms with E-state index in [4.69, 9.17) is 25.4 Å². The minimum atomic E-state index is -5.08. The summed E-state index contributed by atoms with van der Waals surface area (Å²) in [6, 6.07) is 1.75. The van der Waals surface area contributed by atoms with Gasteiger partial charge in [0.2, 0.25) is 0 Å². The first-order valence-electron chi connectivity index (χ1n) is 3.83. The van der Waals surface area contributed by atoms with Crippen LogP contribution in [0.1, 0.15) is 20.8 Å². The number of nitriles is 1. The van der Waals surface area contributed by atoms with Crippen LogP contribution in [-0.2, 0) is 4.79 Å². The summed E-state index contributed by atoms with van der Waals surface area (Å²) in [7, 11) is 1.00. The normalized spacial score (nSPS) is 7.59. The molecule has 0 amide bonds. The van der Waals surface area contributed by atoms with Crippen molar-refractivity contribution in [3.8, 4) is 6.07 Å². The van der Waals surface area contributed by atoms with Gasteiger partial charge in [0.1, 0.15) is 0 Å². The van der Waals surface area contributed by atoms with Crippen molar-refractivity contribution in [3.63, 3.8) is 0 Å². The Kier molecular flexibility index (Phi) is 35.0. The largest absolute Gasteiger partial charge is 0.490 e. The predicted octanol–water partition coefficient (Wildman–Crippen LogP) is 0.334. The fourth-order valence-electron chi connectivity index (χ4n) is 0. The van der Waals surface area contributed by atoms with Crippen LogP contribution in [0.15, 0.2) is 0 Å². The number of aliphatic hydroxyl groups excluding tert-OH is 2. The number of carbonyl (C=O) groups is 1. The number of hydrogen-bond acceptors (Lipinski definition) is 4. The molecular weight excluding hydrogens is 247 g/mol. The number of halogens is 3. The van der Waals surface area contributed by atoms with Gasteiger partial charge in [0, 0.05) is 20.1 Å². The molecule has 106 valence electrons. The number of aliphatic hydroxyl groups is 2. The molecule has 0 rings (SSSR count). The Morgan fingerprint density at radius 3 is 1.35 bits per heavy atom. The molecule has 0 bridgehead atoms. The van der Waals surface area contributed by atoms with Gasteiger partial charge in [-0.2, -0.15) is 18.4 Å². The van der Waals surface area contributed by atoms with Gasteiger partial charge in [-0.05, 0) is 13.8 Å². The lowest BCUT2D eigenvalue weighted by atomic mass is 10.5. The van der Waals surface area contributed by atoms with E-state index in [1.807, 2.05) is 0 Å². The van der Waals surface area contributed by atoms with Crippen LogP contribution in [-0.4, -0.2) is 46.2 Å². The fraction of sp³-hybridized carbons (Fsp3) is 0.750. The van der Waals surface area contributed by atoms with Crippen molar-refractivity contribution in [2.24, 2.45) is 0 Å². The molecule has 0 fully saturated rings. The number of nitrogens with zero attached hydrogens (tertiary/aromatic N) is 1. The zero-order valence-electron chi connectivity index (χ0n) is 9.91. The first-order chi connectivity index (χ1) is 7.09. The molecule has 0 heterocycles. The predicted molar refractivity (Wildman–Crippen MR) is 54.1 cm³/mol. The van der Waals surface area contributed by atoms with Crippen molar-refractivity contribution in [1.29, 1.82) is 5.26 Å². The zero-order chi connectivity index (χ0) is 14.4. The van der Waals surface area contributed by atoms with Gasteiger partial charge in [0.25, 0.3) is 0 Å². The molecule has 6 nitrogen and oxygen atoms in total. The smallest absolute Gasteiger partial charge is 0.475 e. The minimum Gasteiger partial charge on any atom is -0.475 e. The molecule has 0 aromatic carbocycles. The van der Waals surface area contributed by atoms with E-state index in [2.05, 4.69) is 0 Å². The van der Waals surface area contributed by atoms with E-state index in [0.29, 0.717) is 0 Å². The molecule has 0 saturated carbocycles. The highest BCUT2D eigenvalue weighted by molar-refractivity contribution is 5.73. The molecule has 0 saturated heterocycles. The molecule has 0 radical (unpaired) electrons. The third-order valence-corrected chi connectivity index (χ3v) is 0.243. The van der Waals surface area contributed by atoms with Gasteiger partial charge in [-0.3, -0.25) is 0 Å². The Morgan fingerprint density at radius 1 is 1.29 bits per heavy atom. The van der Waals surface area contributed by atoms with Gasteiger partial charge in [0.05, 0.1) is 6.07 Å². The summed E-state index contributed by atoms with van der Waals surface area (Å²) in [5.74, 6) is -2.76. The Balaban J connectivity index is -0.0000000416. The van der Waals surface area contributed by atoms with Crippen molar-refractivity contribution in [2.75, 3.05) is 7.11 Å². The van der Waals surface area contributed by atoms with Crippen LogP contribution in [0, 0.1) is 11.3 Å². The molecule has 0 atom stereocenters.